The Kier molecular flexibility index (Phi) is 10.0. The first-order valence-electron chi connectivity index (χ1n) is 12.2. The molecule has 0 unspecified atom stereocenters. The van der Waals surface area contributed by atoms with Crippen LogP contribution in [-0.2, 0) is 39.5 Å². The van der Waals surface area contributed by atoms with Gasteiger partial charge in [-0.1, -0.05) is 0 Å². The summed E-state index contributed by atoms with van der Waals surface area (Å²) >= 11 is 0. The number of carbonyl (C=O) groups excluding carboxylic acids is 2. The van der Waals surface area contributed by atoms with Crippen LogP contribution in [0.3, 0.4) is 0 Å². The molecular formula is C24H32N4O10S3. The summed E-state index contributed by atoms with van der Waals surface area (Å²) in [4.78, 5) is 22.4. The Labute approximate surface area is 239 Å². The summed E-state index contributed by atoms with van der Waals surface area (Å²) in [5.74, 6) is -1.60. The minimum absolute atomic E-state index is 0.00853. The number of rotatable bonds is 12. The molecule has 0 saturated carbocycles. The second kappa shape index (κ2) is 12.7. The van der Waals surface area contributed by atoms with E-state index in [1.54, 1.807) is 0 Å². The molecule has 2 aromatic carbocycles. The minimum atomic E-state index is -4.47. The van der Waals surface area contributed by atoms with Gasteiger partial charge in [-0.05, 0) is 42.8 Å². The average molecular weight is 633 g/mol. The third kappa shape index (κ3) is 7.94. The van der Waals surface area contributed by atoms with E-state index in [0.29, 0.717) is 0 Å². The van der Waals surface area contributed by atoms with Crippen LogP contribution in [0, 0.1) is 0 Å². The molecule has 0 spiro atoms. The van der Waals surface area contributed by atoms with E-state index in [-0.39, 0.29) is 44.8 Å². The number of methoxy groups -OCH3 is 2. The van der Waals surface area contributed by atoms with Gasteiger partial charge in [0.2, 0.25) is 31.9 Å². The molecule has 1 aliphatic rings. The smallest absolute Gasteiger partial charge is 0.247 e. The monoisotopic (exact) mass is 632 g/mol. The number of hydrogen-bond acceptors (Lipinski definition) is 10. The van der Waals surface area contributed by atoms with Crippen LogP contribution in [-0.4, -0.2) is 86.2 Å². The molecular weight excluding hydrogens is 600 g/mol. The Hall–Kier alpha value is -3.25. The van der Waals surface area contributed by atoms with Gasteiger partial charge in [0.25, 0.3) is 0 Å². The van der Waals surface area contributed by atoms with Gasteiger partial charge in [-0.2, -0.15) is 4.31 Å². The highest BCUT2D eigenvalue weighted by molar-refractivity contribution is 7.92. The summed E-state index contributed by atoms with van der Waals surface area (Å²) in [5.41, 5.74) is 0.368. The number of benzene rings is 2. The molecule has 0 aliphatic carbocycles. The first kappa shape index (κ1) is 32.3. The predicted octanol–water partition coefficient (Wildman–Crippen LogP) is 0.777. The van der Waals surface area contributed by atoms with Crippen molar-refractivity contribution in [3.63, 3.8) is 0 Å². The molecule has 41 heavy (non-hydrogen) atoms. The molecule has 1 fully saturated rings. The highest BCUT2D eigenvalue weighted by atomic mass is 32.2. The second-order valence-electron chi connectivity index (χ2n) is 9.16. The van der Waals surface area contributed by atoms with Crippen molar-refractivity contribution in [2.75, 3.05) is 49.4 Å². The fraction of sp³-hybridized carbons (Fsp3) is 0.417. The second-order valence-corrected chi connectivity index (χ2v) is 15.0. The zero-order valence-corrected chi connectivity index (χ0v) is 25.3. The van der Waals surface area contributed by atoms with Gasteiger partial charge in [0, 0.05) is 44.4 Å². The van der Waals surface area contributed by atoms with Crippen LogP contribution in [0.5, 0.6) is 11.5 Å². The van der Waals surface area contributed by atoms with E-state index >= 15 is 0 Å². The van der Waals surface area contributed by atoms with E-state index in [0.717, 1.165) is 4.31 Å². The third-order valence-electron chi connectivity index (χ3n) is 6.08. The molecule has 1 heterocycles. The molecule has 1 atom stereocenters. The van der Waals surface area contributed by atoms with Crippen LogP contribution in [0.2, 0.25) is 0 Å². The largest absolute Gasteiger partial charge is 0.495 e. The zero-order valence-electron chi connectivity index (χ0n) is 22.8. The highest BCUT2D eigenvalue weighted by Gasteiger charge is 2.40. The molecule has 3 N–H and O–H groups in total. The van der Waals surface area contributed by atoms with E-state index in [2.05, 4.69) is 15.4 Å². The first-order chi connectivity index (χ1) is 19.1. The molecule has 226 valence electrons. The Morgan fingerprint density at radius 3 is 1.88 bits per heavy atom. The van der Waals surface area contributed by atoms with Crippen molar-refractivity contribution < 1.29 is 44.3 Å². The molecule has 0 aromatic heterocycles. The first-order valence-corrected chi connectivity index (χ1v) is 17.0. The molecule has 3 rings (SSSR count). The summed E-state index contributed by atoms with van der Waals surface area (Å²) in [6, 6.07) is 7.01. The van der Waals surface area contributed by atoms with Crippen molar-refractivity contribution in [3.8, 4) is 11.5 Å². The lowest BCUT2D eigenvalue weighted by molar-refractivity contribution is -0.115. The zero-order chi connectivity index (χ0) is 30.6. The number of sulfone groups is 1. The molecule has 2 amide bonds. The summed E-state index contributed by atoms with van der Waals surface area (Å²) in [7, 11) is -9.75. The van der Waals surface area contributed by atoms with Crippen LogP contribution < -0.4 is 24.8 Å². The van der Waals surface area contributed by atoms with Crippen molar-refractivity contribution in [3.05, 3.63) is 36.4 Å². The number of nitrogens with one attached hydrogen (secondary N) is 3. The van der Waals surface area contributed by atoms with Crippen molar-refractivity contribution >= 4 is 53.1 Å². The number of ether oxygens (including phenoxy) is 2. The van der Waals surface area contributed by atoms with Gasteiger partial charge in [0.1, 0.15) is 21.3 Å². The van der Waals surface area contributed by atoms with Gasteiger partial charge in [0.15, 0.2) is 9.84 Å². The standard InChI is InChI=1S/C24H32N4O10S3/c1-16(29)26-18-5-7-21(37-3)23(13-18)40(33,34)25-10-11-28(20-9-12-39(31,32)15-20)41(35,36)24-14-19(27-17(2)30)6-8-22(24)38-4/h5-8,13-14,20,25H,9-12,15H2,1-4H3,(H,26,29)(H,27,30)/t20-/m1/s1. The fourth-order valence-electron chi connectivity index (χ4n) is 4.32. The fourth-order valence-corrected chi connectivity index (χ4v) is 9.20. The lowest BCUT2D eigenvalue weighted by Crippen LogP contribution is -2.45. The predicted molar refractivity (Wildman–Crippen MR) is 151 cm³/mol. The van der Waals surface area contributed by atoms with Crippen molar-refractivity contribution in [1.29, 1.82) is 0 Å². The third-order valence-corrected chi connectivity index (χ3v) is 11.3. The lowest BCUT2D eigenvalue weighted by atomic mass is 10.2. The van der Waals surface area contributed by atoms with Gasteiger partial charge >= 0.3 is 0 Å². The van der Waals surface area contributed by atoms with Crippen molar-refractivity contribution in [2.24, 2.45) is 0 Å². The average Bonchev–Trinajstić information content (AvgIpc) is 3.24. The molecule has 17 heteroatoms. The number of sulfonamides is 2. The van der Waals surface area contributed by atoms with Crippen molar-refractivity contribution in [2.45, 2.75) is 36.1 Å². The molecule has 0 bridgehead atoms. The Bertz CT molecular complexity index is 1640. The van der Waals surface area contributed by atoms with Gasteiger partial charge in [-0.25, -0.2) is 30.0 Å². The number of nitrogens with zero attached hydrogens (tertiary/aromatic N) is 1. The van der Waals surface area contributed by atoms with E-state index in [9.17, 15) is 34.8 Å². The summed E-state index contributed by atoms with van der Waals surface area (Å²) in [6.45, 7) is 1.65. The van der Waals surface area contributed by atoms with Gasteiger partial charge < -0.3 is 20.1 Å². The maximum Gasteiger partial charge on any atom is 0.247 e. The molecule has 14 nitrogen and oxygen atoms in total. The van der Waals surface area contributed by atoms with E-state index < -0.39 is 66.6 Å². The quantitative estimate of drug-likeness (QED) is 0.301. The van der Waals surface area contributed by atoms with Crippen LogP contribution in [0.15, 0.2) is 46.2 Å². The number of amides is 2. The maximum atomic E-state index is 13.9. The summed E-state index contributed by atoms with van der Waals surface area (Å²) in [5, 5.41) is 4.98. The Morgan fingerprint density at radius 1 is 0.902 bits per heavy atom. The van der Waals surface area contributed by atoms with Crippen molar-refractivity contribution in [1.82, 2.24) is 9.03 Å². The normalized spacial score (nSPS) is 16.8. The number of anilines is 2. The van der Waals surface area contributed by atoms with Gasteiger partial charge in [-0.15, -0.1) is 0 Å². The van der Waals surface area contributed by atoms with Crippen LogP contribution in [0.4, 0.5) is 11.4 Å². The maximum absolute atomic E-state index is 13.9. The highest BCUT2D eigenvalue weighted by Crippen LogP contribution is 2.33. The SMILES string of the molecule is COc1ccc(NC(C)=O)cc1S(=O)(=O)NCCN([C@@H]1CCS(=O)(=O)C1)S(=O)(=O)c1cc(NC(C)=O)ccc1OC. The van der Waals surface area contributed by atoms with E-state index in [1.165, 1.54) is 64.5 Å². The number of carbonyl (C=O) groups is 2. The molecule has 1 aliphatic heterocycles. The molecule has 2 aromatic rings. The minimum Gasteiger partial charge on any atom is -0.495 e. The lowest BCUT2D eigenvalue weighted by Gasteiger charge is -2.28. The Morgan fingerprint density at radius 2 is 1.41 bits per heavy atom. The number of hydrogen-bond donors (Lipinski definition) is 3. The van der Waals surface area contributed by atoms with E-state index in [4.69, 9.17) is 9.47 Å². The topological polar surface area (TPSA) is 194 Å². The van der Waals surface area contributed by atoms with Crippen LogP contribution >= 0.6 is 0 Å². The summed E-state index contributed by atoms with van der Waals surface area (Å²) < 4.78 is 92.4. The van der Waals surface area contributed by atoms with Crippen LogP contribution in [0.25, 0.3) is 0 Å². The van der Waals surface area contributed by atoms with Gasteiger partial charge in [0.05, 0.1) is 25.7 Å². The van der Waals surface area contributed by atoms with Crippen LogP contribution in [0.1, 0.15) is 20.3 Å². The Balaban J connectivity index is 1.96. The molecule has 0 radical (unpaired) electrons. The van der Waals surface area contributed by atoms with E-state index in [1.807, 2.05) is 0 Å². The van der Waals surface area contributed by atoms with Gasteiger partial charge in [-0.3, -0.25) is 9.59 Å². The summed E-state index contributed by atoms with van der Waals surface area (Å²) in [6.07, 6.45) is 0.00853. The molecule has 1 saturated heterocycles.